The van der Waals surface area contributed by atoms with Crippen LogP contribution in [0.15, 0.2) is 41.2 Å². The van der Waals surface area contributed by atoms with Crippen LogP contribution in [0.4, 0.5) is 8.78 Å². The summed E-state index contributed by atoms with van der Waals surface area (Å²) in [5.41, 5.74) is 4.78. The first-order valence-corrected chi connectivity index (χ1v) is 10.8. The molecule has 2 atom stereocenters. The van der Waals surface area contributed by atoms with Gasteiger partial charge in [0.1, 0.15) is 5.82 Å². The molecule has 0 amide bonds. The monoisotopic (exact) mass is 461 g/mol. The number of aromatic nitrogens is 5. The average Bonchev–Trinajstić information content (AvgIpc) is 3.42. The van der Waals surface area contributed by atoms with Crippen molar-refractivity contribution in [2.45, 2.75) is 32.4 Å². The molecule has 172 valence electrons. The lowest BCUT2D eigenvalue weighted by atomic mass is 9.81. The van der Waals surface area contributed by atoms with Crippen molar-refractivity contribution in [3.8, 4) is 17.7 Å². The molecule has 0 aliphatic carbocycles. The predicted molar refractivity (Wildman–Crippen MR) is 117 cm³/mol. The Balaban J connectivity index is 1.49. The third kappa shape index (κ3) is 3.74. The number of pyridine rings is 1. The molecule has 4 aromatic rings. The van der Waals surface area contributed by atoms with Crippen LogP contribution in [0.25, 0.3) is 11.6 Å². The maximum atomic E-state index is 14.1. The van der Waals surface area contributed by atoms with E-state index in [1.165, 1.54) is 0 Å². The Bertz CT molecular complexity index is 1420. The van der Waals surface area contributed by atoms with Gasteiger partial charge in [-0.15, -0.1) is 0 Å². The quantitative estimate of drug-likeness (QED) is 0.453. The first kappa shape index (κ1) is 21.9. The first-order valence-electron chi connectivity index (χ1n) is 10.8. The fourth-order valence-electron chi connectivity index (χ4n) is 4.50. The molecule has 8 nitrogen and oxygen atoms in total. The number of hydrogen-bond acceptors (Lipinski definition) is 7. The number of rotatable bonds is 4. The van der Waals surface area contributed by atoms with E-state index in [0.717, 1.165) is 34.6 Å². The van der Waals surface area contributed by atoms with Crippen molar-refractivity contribution in [3.63, 3.8) is 0 Å². The molecule has 10 heteroatoms. The van der Waals surface area contributed by atoms with Gasteiger partial charge in [-0.1, -0.05) is 11.2 Å². The minimum atomic E-state index is -0.869. The number of benzene rings is 1. The van der Waals surface area contributed by atoms with E-state index in [1.807, 2.05) is 43.0 Å². The Kier molecular flexibility index (Phi) is 5.42. The molecule has 0 radical (unpaired) electrons. The summed E-state index contributed by atoms with van der Waals surface area (Å²) in [6.45, 7) is 5.09. The summed E-state index contributed by atoms with van der Waals surface area (Å²) in [6.07, 6.45) is 2.78. The summed E-state index contributed by atoms with van der Waals surface area (Å²) < 4.78 is 34.4. The molecule has 0 spiro atoms. The minimum Gasteiger partial charge on any atom is -0.332 e. The Hall–Kier alpha value is -3.97. The Morgan fingerprint density at radius 2 is 2.00 bits per heavy atom. The van der Waals surface area contributed by atoms with Crippen molar-refractivity contribution >= 4 is 0 Å². The zero-order valence-electron chi connectivity index (χ0n) is 18.8. The van der Waals surface area contributed by atoms with Gasteiger partial charge >= 0.3 is 0 Å². The molecule has 1 aromatic carbocycles. The van der Waals surface area contributed by atoms with Gasteiger partial charge < -0.3 is 4.52 Å². The summed E-state index contributed by atoms with van der Waals surface area (Å²) in [5, 5.41) is 17.8. The van der Waals surface area contributed by atoms with Crippen LogP contribution in [0.1, 0.15) is 52.7 Å². The smallest absolute Gasteiger partial charge is 0.279 e. The van der Waals surface area contributed by atoms with E-state index in [9.17, 15) is 14.0 Å². The number of fused-ring (bicyclic) bond motifs is 1. The molecule has 3 aromatic heterocycles. The molecule has 4 heterocycles. The number of nitrogens with zero attached hydrogens (tertiary/aromatic N) is 7. The zero-order chi connectivity index (χ0) is 24.0. The number of hydrogen-bond donors (Lipinski definition) is 0. The molecule has 0 N–H and O–H groups in total. The lowest BCUT2D eigenvalue weighted by molar-refractivity contribution is 0.172. The molecular formula is C24H21F2N7O. The van der Waals surface area contributed by atoms with Gasteiger partial charge in [0.2, 0.25) is 0 Å². The first-order chi connectivity index (χ1) is 16.4. The van der Waals surface area contributed by atoms with E-state index in [0.29, 0.717) is 24.5 Å². The van der Waals surface area contributed by atoms with Gasteiger partial charge in [-0.3, -0.25) is 9.58 Å². The largest absolute Gasteiger partial charge is 0.332 e. The van der Waals surface area contributed by atoms with Crippen LogP contribution in [0.2, 0.25) is 0 Å². The lowest BCUT2D eigenvalue weighted by Gasteiger charge is -2.39. The van der Waals surface area contributed by atoms with Crippen molar-refractivity contribution in [2.75, 3.05) is 6.54 Å². The van der Waals surface area contributed by atoms with Crippen LogP contribution in [0.3, 0.4) is 0 Å². The summed E-state index contributed by atoms with van der Waals surface area (Å²) in [7, 11) is 1.91. The van der Waals surface area contributed by atoms with Gasteiger partial charge in [-0.25, -0.2) is 13.8 Å². The molecule has 0 saturated heterocycles. The lowest BCUT2D eigenvalue weighted by Crippen LogP contribution is -2.37. The van der Waals surface area contributed by atoms with Crippen molar-refractivity contribution in [3.05, 3.63) is 82.1 Å². The van der Waals surface area contributed by atoms with Gasteiger partial charge in [0.25, 0.3) is 5.89 Å². The summed E-state index contributed by atoms with van der Waals surface area (Å²) in [5.74, 6) is -1.37. The summed E-state index contributed by atoms with van der Waals surface area (Å²) in [4.78, 5) is 10.2. The van der Waals surface area contributed by atoms with Gasteiger partial charge in [0.05, 0.1) is 30.6 Å². The van der Waals surface area contributed by atoms with E-state index in [4.69, 9.17) is 4.52 Å². The molecule has 0 bridgehead atoms. The Morgan fingerprint density at radius 3 is 2.71 bits per heavy atom. The topological polar surface area (TPSA) is 96.7 Å². The van der Waals surface area contributed by atoms with Crippen molar-refractivity contribution in [2.24, 2.45) is 7.05 Å². The molecule has 1 aliphatic heterocycles. The molecule has 1 aliphatic rings. The molecule has 5 rings (SSSR count). The Labute approximate surface area is 194 Å². The van der Waals surface area contributed by atoms with Crippen molar-refractivity contribution in [1.29, 1.82) is 5.26 Å². The molecule has 34 heavy (non-hydrogen) atoms. The second-order valence-corrected chi connectivity index (χ2v) is 8.42. The van der Waals surface area contributed by atoms with Crippen LogP contribution in [0.5, 0.6) is 0 Å². The number of aryl methyl sites for hydroxylation is 1. The third-order valence-corrected chi connectivity index (χ3v) is 6.48. The number of nitriles is 1. The van der Waals surface area contributed by atoms with Crippen LogP contribution >= 0.6 is 0 Å². The zero-order valence-corrected chi connectivity index (χ0v) is 18.8. The Morgan fingerprint density at radius 1 is 1.18 bits per heavy atom. The minimum absolute atomic E-state index is 0.0286. The normalized spacial score (nSPS) is 18.0. The highest BCUT2D eigenvalue weighted by molar-refractivity contribution is 5.48. The number of halogens is 2. The standard InChI is InChI=1S/C24H21F2N7O/c1-13-19(10-29-32(13)3)20-11-33(14(2)18-6-15(8-27)4-5-17(18)20)12-22-30-24(34-31-22)23-21(26)7-16(25)9-28-23/h4-7,9-10,14,20H,11-12H2,1-3H3/t14-,20-/m0/s1. The van der Waals surface area contributed by atoms with Crippen LogP contribution in [0, 0.1) is 29.9 Å². The average molecular weight is 461 g/mol. The molecule has 0 saturated carbocycles. The highest BCUT2D eigenvalue weighted by Gasteiger charge is 2.34. The van der Waals surface area contributed by atoms with Crippen LogP contribution in [-0.2, 0) is 13.6 Å². The van der Waals surface area contributed by atoms with E-state index in [-0.39, 0.29) is 23.5 Å². The molecule has 0 unspecified atom stereocenters. The SMILES string of the molecule is Cc1c([C@H]2CN(Cc3noc(-c4ncc(F)cc4F)n3)[C@@H](C)c3cc(C#N)ccc32)cnn1C. The fraction of sp³-hybridized carbons (Fsp3) is 0.292. The fourth-order valence-corrected chi connectivity index (χ4v) is 4.50. The maximum absolute atomic E-state index is 14.1. The van der Waals surface area contributed by atoms with Gasteiger partial charge in [-0.05, 0) is 37.1 Å². The van der Waals surface area contributed by atoms with Gasteiger partial charge in [-0.2, -0.15) is 15.3 Å². The molecular weight excluding hydrogens is 440 g/mol. The van der Waals surface area contributed by atoms with Gasteiger partial charge in [0.15, 0.2) is 17.3 Å². The summed E-state index contributed by atoms with van der Waals surface area (Å²) in [6, 6.07) is 8.70. The van der Waals surface area contributed by atoms with E-state index < -0.39 is 11.6 Å². The predicted octanol–water partition coefficient (Wildman–Crippen LogP) is 4.03. The van der Waals surface area contributed by atoms with Crippen molar-refractivity contribution in [1.82, 2.24) is 29.8 Å². The van der Waals surface area contributed by atoms with E-state index in [1.54, 1.807) is 0 Å². The van der Waals surface area contributed by atoms with Crippen molar-refractivity contribution < 1.29 is 13.3 Å². The van der Waals surface area contributed by atoms with E-state index in [2.05, 4.69) is 38.1 Å². The maximum Gasteiger partial charge on any atom is 0.279 e. The summed E-state index contributed by atoms with van der Waals surface area (Å²) >= 11 is 0. The second-order valence-electron chi connectivity index (χ2n) is 8.42. The third-order valence-electron chi connectivity index (χ3n) is 6.48. The second kappa shape index (κ2) is 8.43. The molecule has 0 fully saturated rings. The van der Waals surface area contributed by atoms with Gasteiger partial charge in [0, 0.05) is 42.9 Å². The van der Waals surface area contributed by atoms with Crippen LogP contribution < -0.4 is 0 Å². The highest BCUT2D eigenvalue weighted by Crippen LogP contribution is 2.41. The highest BCUT2D eigenvalue weighted by atomic mass is 19.1. The van der Waals surface area contributed by atoms with E-state index >= 15 is 0 Å². The van der Waals surface area contributed by atoms with Crippen LogP contribution in [-0.4, -0.2) is 36.3 Å².